The minimum absolute atomic E-state index is 0.153. The maximum Gasteiger partial charge on any atom is 0.122 e. The van der Waals surface area contributed by atoms with Crippen LogP contribution in [0.4, 0.5) is 0 Å². The first kappa shape index (κ1) is 12.5. The summed E-state index contributed by atoms with van der Waals surface area (Å²) in [6.45, 7) is 0. The Morgan fingerprint density at radius 3 is 2.33 bits per heavy atom. The van der Waals surface area contributed by atoms with Gasteiger partial charge in [0.05, 0.1) is 20.5 Å². The van der Waals surface area contributed by atoms with Crippen molar-refractivity contribution in [3.63, 3.8) is 0 Å². The second-order valence-electron chi connectivity index (χ2n) is 4.04. The minimum atomic E-state index is -0.153. The summed E-state index contributed by atoms with van der Waals surface area (Å²) >= 11 is 0. The highest BCUT2D eigenvalue weighted by molar-refractivity contribution is 5.40. The van der Waals surface area contributed by atoms with E-state index in [9.17, 15) is 0 Å². The van der Waals surface area contributed by atoms with Crippen LogP contribution in [0, 0.1) is 0 Å². The van der Waals surface area contributed by atoms with Gasteiger partial charge in [-0.05, 0) is 29.8 Å². The topological polar surface area (TPSA) is 57.6 Å². The number of hydrogen-bond donors (Lipinski definition) is 1. The molecule has 1 aromatic carbocycles. The Bertz CT molecular complexity index is 471. The number of nitrogens with two attached hydrogens (primary N) is 1. The molecule has 1 heterocycles. The van der Waals surface area contributed by atoms with Gasteiger partial charge in [-0.2, -0.15) is 0 Å². The summed E-state index contributed by atoms with van der Waals surface area (Å²) in [5, 5.41) is 0. The molecule has 0 radical (unpaired) electrons. The van der Waals surface area contributed by atoms with Crippen LogP contribution >= 0.6 is 0 Å². The molecule has 0 spiro atoms. The number of ether oxygens (including phenoxy) is 2. The maximum absolute atomic E-state index is 6.16. The predicted molar refractivity (Wildman–Crippen MR) is 68.9 cm³/mol. The fourth-order valence-electron chi connectivity index (χ4n) is 1.81. The van der Waals surface area contributed by atoms with Crippen LogP contribution in [0.1, 0.15) is 17.4 Å². The van der Waals surface area contributed by atoms with E-state index in [1.165, 1.54) is 0 Å². The Kier molecular flexibility index (Phi) is 3.89. The average molecular weight is 247 g/mol. The highest BCUT2D eigenvalue weighted by Crippen LogP contribution is 2.27. The van der Waals surface area contributed by atoms with Gasteiger partial charge in [0.2, 0.25) is 0 Å². The molecule has 1 atom stereocenters. The molecule has 0 bridgehead atoms. The number of hydrogen-bond acceptors (Lipinski definition) is 4. The third kappa shape index (κ3) is 2.84. The first-order valence-corrected chi connectivity index (χ1v) is 5.74. The molecule has 96 valence electrons. The van der Waals surface area contributed by atoms with Crippen molar-refractivity contribution in [2.24, 2.45) is 5.73 Å². The van der Waals surface area contributed by atoms with E-state index < -0.39 is 0 Å². The molecular weight excluding hydrogens is 230 g/mol. The van der Waals surface area contributed by atoms with E-state index in [0.717, 1.165) is 22.8 Å². The Labute approximate surface area is 106 Å². The molecule has 0 fully saturated rings. The Balaban J connectivity index is 2.20. The predicted octanol–water partition coefficient (Wildman–Crippen LogP) is 2.54. The molecule has 18 heavy (non-hydrogen) atoms. The van der Waals surface area contributed by atoms with E-state index in [2.05, 4.69) is 0 Å². The van der Waals surface area contributed by atoms with Crippen LogP contribution in [-0.4, -0.2) is 14.2 Å². The van der Waals surface area contributed by atoms with Gasteiger partial charge in [-0.15, -0.1) is 0 Å². The summed E-state index contributed by atoms with van der Waals surface area (Å²) in [7, 11) is 3.24. The van der Waals surface area contributed by atoms with E-state index in [0.29, 0.717) is 6.42 Å². The molecule has 0 amide bonds. The van der Waals surface area contributed by atoms with Crippen LogP contribution in [0.3, 0.4) is 0 Å². The van der Waals surface area contributed by atoms with Crippen molar-refractivity contribution in [1.29, 1.82) is 0 Å². The van der Waals surface area contributed by atoms with Gasteiger partial charge in [0.15, 0.2) is 0 Å². The third-order valence-corrected chi connectivity index (χ3v) is 2.80. The molecule has 2 rings (SSSR count). The maximum atomic E-state index is 6.16. The van der Waals surface area contributed by atoms with Gasteiger partial charge in [-0.3, -0.25) is 0 Å². The zero-order valence-electron chi connectivity index (χ0n) is 10.6. The van der Waals surface area contributed by atoms with Crippen molar-refractivity contribution in [1.82, 2.24) is 0 Å². The van der Waals surface area contributed by atoms with Gasteiger partial charge in [0.25, 0.3) is 0 Å². The molecule has 2 N–H and O–H groups in total. The minimum Gasteiger partial charge on any atom is -0.497 e. The fraction of sp³-hybridized carbons (Fsp3) is 0.286. The lowest BCUT2D eigenvalue weighted by atomic mass is 10.0. The third-order valence-electron chi connectivity index (χ3n) is 2.80. The van der Waals surface area contributed by atoms with E-state index in [1.54, 1.807) is 20.5 Å². The Morgan fingerprint density at radius 1 is 1.17 bits per heavy atom. The van der Waals surface area contributed by atoms with Gasteiger partial charge < -0.3 is 19.6 Å². The summed E-state index contributed by atoms with van der Waals surface area (Å²) in [6, 6.07) is 9.26. The van der Waals surface area contributed by atoms with Crippen molar-refractivity contribution >= 4 is 0 Å². The largest absolute Gasteiger partial charge is 0.497 e. The van der Waals surface area contributed by atoms with Crippen LogP contribution in [0.25, 0.3) is 0 Å². The molecule has 1 aromatic heterocycles. The zero-order valence-corrected chi connectivity index (χ0v) is 10.6. The van der Waals surface area contributed by atoms with Crippen LogP contribution in [0.2, 0.25) is 0 Å². The molecule has 2 aromatic rings. The second-order valence-corrected chi connectivity index (χ2v) is 4.04. The lowest BCUT2D eigenvalue weighted by Gasteiger charge is -2.13. The number of furan rings is 1. The number of rotatable bonds is 5. The molecule has 4 heteroatoms. The Hall–Kier alpha value is -1.94. The zero-order chi connectivity index (χ0) is 13.0. The van der Waals surface area contributed by atoms with E-state index >= 15 is 0 Å². The molecule has 0 saturated heterocycles. The monoisotopic (exact) mass is 247 g/mol. The second kappa shape index (κ2) is 5.60. The molecule has 0 aliphatic carbocycles. The first-order valence-electron chi connectivity index (χ1n) is 5.74. The van der Waals surface area contributed by atoms with E-state index in [-0.39, 0.29) is 6.04 Å². The lowest BCUT2D eigenvalue weighted by Crippen LogP contribution is -2.13. The van der Waals surface area contributed by atoms with Crippen molar-refractivity contribution in [3.05, 3.63) is 47.9 Å². The van der Waals surface area contributed by atoms with Gasteiger partial charge in [0, 0.05) is 18.5 Å². The highest BCUT2D eigenvalue weighted by atomic mass is 16.5. The molecule has 0 saturated carbocycles. The summed E-state index contributed by atoms with van der Waals surface area (Å²) < 4.78 is 15.7. The van der Waals surface area contributed by atoms with Crippen molar-refractivity contribution < 1.29 is 13.9 Å². The Morgan fingerprint density at radius 2 is 1.83 bits per heavy atom. The number of benzene rings is 1. The van der Waals surface area contributed by atoms with Gasteiger partial charge >= 0.3 is 0 Å². The summed E-state index contributed by atoms with van der Waals surface area (Å²) in [5.41, 5.74) is 7.12. The van der Waals surface area contributed by atoms with Crippen LogP contribution < -0.4 is 15.2 Å². The molecule has 1 unspecified atom stereocenters. The van der Waals surface area contributed by atoms with Crippen molar-refractivity contribution in [3.8, 4) is 11.5 Å². The van der Waals surface area contributed by atoms with Gasteiger partial charge in [0.1, 0.15) is 17.3 Å². The summed E-state index contributed by atoms with van der Waals surface area (Å²) in [5.74, 6) is 2.34. The molecule has 0 aliphatic heterocycles. The van der Waals surface area contributed by atoms with Crippen LogP contribution in [0.5, 0.6) is 11.5 Å². The normalized spacial score (nSPS) is 12.2. The first-order chi connectivity index (χ1) is 8.72. The lowest BCUT2D eigenvalue weighted by molar-refractivity contribution is 0.392. The SMILES string of the molecule is COc1cc(OC)cc(C(N)Cc2ccco2)c1. The van der Waals surface area contributed by atoms with Gasteiger partial charge in [-0.25, -0.2) is 0 Å². The van der Waals surface area contributed by atoms with E-state index in [1.807, 2.05) is 30.3 Å². The van der Waals surface area contributed by atoms with Crippen LogP contribution in [0.15, 0.2) is 41.0 Å². The summed E-state index contributed by atoms with van der Waals surface area (Å²) in [6.07, 6.45) is 2.29. The van der Waals surface area contributed by atoms with Crippen molar-refractivity contribution in [2.75, 3.05) is 14.2 Å². The smallest absolute Gasteiger partial charge is 0.122 e. The molecular formula is C14H17NO3. The van der Waals surface area contributed by atoms with Gasteiger partial charge in [-0.1, -0.05) is 0 Å². The van der Waals surface area contributed by atoms with Crippen molar-refractivity contribution in [2.45, 2.75) is 12.5 Å². The van der Waals surface area contributed by atoms with Crippen LogP contribution in [-0.2, 0) is 6.42 Å². The average Bonchev–Trinajstić information content (AvgIpc) is 2.90. The molecule has 4 nitrogen and oxygen atoms in total. The quantitative estimate of drug-likeness (QED) is 0.882. The summed E-state index contributed by atoms with van der Waals surface area (Å²) in [4.78, 5) is 0. The highest BCUT2D eigenvalue weighted by Gasteiger charge is 2.11. The fourth-order valence-corrected chi connectivity index (χ4v) is 1.81. The standard InChI is InChI=1S/C14H17NO3/c1-16-12-6-10(7-13(8-12)17-2)14(15)9-11-4-3-5-18-11/h3-8,14H,9,15H2,1-2H3. The molecule has 0 aliphatic rings. The van der Waals surface area contributed by atoms with E-state index in [4.69, 9.17) is 19.6 Å². The number of methoxy groups -OCH3 is 2.